The molecule has 0 aromatic rings. The van der Waals surface area contributed by atoms with Crippen molar-refractivity contribution in [1.82, 2.24) is 0 Å². The van der Waals surface area contributed by atoms with Crippen LogP contribution in [0.2, 0.25) is 25.7 Å². The summed E-state index contributed by atoms with van der Waals surface area (Å²) in [6, 6.07) is 1.22. The molecule has 0 saturated carbocycles. The van der Waals surface area contributed by atoms with E-state index in [-0.39, 0.29) is 14.7 Å². The molecule has 0 unspecified atom stereocenters. The Morgan fingerprint density at radius 1 is 1.40 bits per heavy atom. The van der Waals surface area contributed by atoms with E-state index in [4.69, 9.17) is 4.43 Å². The van der Waals surface area contributed by atoms with E-state index < -0.39 is 8.32 Å². The van der Waals surface area contributed by atoms with Crippen LogP contribution in [-0.2, 0) is 4.43 Å². The van der Waals surface area contributed by atoms with Crippen LogP contribution in [0.1, 0.15) is 27.2 Å². The maximum atomic E-state index is 6.30. The van der Waals surface area contributed by atoms with Crippen molar-refractivity contribution < 1.29 is 4.43 Å². The fourth-order valence-electron chi connectivity index (χ4n) is 1.60. The van der Waals surface area contributed by atoms with Gasteiger partial charge in [-0.1, -0.05) is 6.55 Å². The fourth-order valence-corrected chi connectivity index (χ4v) is 5.95. The number of nitrogens with zero attached hydrogens (tertiary/aromatic N) is 1. The number of hydrogen-bond acceptors (Lipinski definition) is 2. The van der Waals surface area contributed by atoms with Crippen LogP contribution in [0, 0.1) is 0 Å². The van der Waals surface area contributed by atoms with Gasteiger partial charge in [-0.2, -0.15) is 0 Å². The Labute approximate surface area is 98.5 Å². The van der Waals surface area contributed by atoms with Crippen LogP contribution in [0.3, 0.4) is 0 Å². The zero-order valence-corrected chi connectivity index (χ0v) is 13.7. The molecule has 2 nitrogen and oxygen atoms in total. The van der Waals surface area contributed by atoms with Gasteiger partial charge in [-0.25, -0.2) is 0 Å². The van der Waals surface area contributed by atoms with Crippen molar-refractivity contribution in [2.75, 3.05) is 6.54 Å². The molecule has 0 aromatic heterocycles. The van der Waals surface area contributed by atoms with Crippen molar-refractivity contribution in [3.05, 3.63) is 0 Å². The molecule has 90 valence electrons. The highest BCUT2D eigenvalue weighted by Crippen LogP contribution is 2.21. The van der Waals surface area contributed by atoms with Crippen LogP contribution in [0.25, 0.3) is 0 Å². The molecule has 0 aliphatic carbocycles. The van der Waals surface area contributed by atoms with Crippen molar-refractivity contribution >= 4 is 24.1 Å². The largest absolute Gasteiger partial charge is 0.416 e. The summed E-state index contributed by atoms with van der Waals surface area (Å²) in [5.41, 5.74) is 0. The third kappa shape index (κ3) is 7.93. The smallest absolute Gasteiger partial charge is 0.187 e. The summed E-state index contributed by atoms with van der Waals surface area (Å²) in [6.07, 6.45) is 3.06. The summed E-state index contributed by atoms with van der Waals surface area (Å²) in [4.78, 5) is 4.24. The number of rotatable bonds is 7. The van der Waals surface area contributed by atoms with Gasteiger partial charge in [-0.3, -0.25) is 4.99 Å². The molecule has 0 bridgehead atoms. The van der Waals surface area contributed by atoms with E-state index >= 15 is 0 Å². The molecule has 0 aromatic carbocycles. The van der Waals surface area contributed by atoms with Gasteiger partial charge < -0.3 is 4.43 Å². The third-order valence-corrected chi connectivity index (χ3v) is 7.45. The van der Waals surface area contributed by atoms with E-state index in [2.05, 4.69) is 38.5 Å². The SMILES string of the molecule is CC=NCCC[Si](C)(C)OC(C)(C)[SiH2]C. The van der Waals surface area contributed by atoms with E-state index in [0.29, 0.717) is 0 Å². The minimum absolute atomic E-state index is 0.0879. The van der Waals surface area contributed by atoms with Crippen molar-refractivity contribution in [2.24, 2.45) is 4.99 Å². The molecule has 0 radical (unpaired) electrons. The van der Waals surface area contributed by atoms with E-state index in [0.717, 1.165) is 6.54 Å². The molecule has 0 amide bonds. The first-order chi connectivity index (χ1) is 6.83. The predicted octanol–water partition coefficient (Wildman–Crippen LogP) is 2.64. The zero-order valence-electron chi connectivity index (χ0n) is 11.3. The lowest BCUT2D eigenvalue weighted by Crippen LogP contribution is -2.43. The lowest BCUT2D eigenvalue weighted by Gasteiger charge is -2.34. The number of aliphatic imine (C=N–C) groups is 1. The Morgan fingerprint density at radius 2 is 2.00 bits per heavy atom. The van der Waals surface area contributed by atoms with Gasteiger partial charge in [0.05, 0.1) is 9.52 Å². The van der Waals surface area contributed by atoms with Gasteiger partial charge >= 0.3 is 0 Å². The highest BCUT2D eigenvalue weighted by Gasteiger charge is 2.29. The summed E-state index contributed by atoms with van der Waals surface area (Å²) >= 11 is 0. The van der Waals surface area contributed by atoms with E-state index in [1.54, 1.807) is 0 Å². The summed E-state index contributed by atoms with van der Waals surface area (Å²) in [5, 5.41) is 0.184. The van der Waals surface area contributed by atoms with E-state index in [1.165, 1.54) is 12.5 Å². The molecule has 0 fully saturated rings. The first-order valence-corrected chi connectivity index (χ1v) is 11.2. The first kappa shape index (κ1) is 15.1. The van der Waals surface area contributed by atoms with Crippen LogP contribution in [0.4, 0.5) is 0 Å². The second-order valence-electron chi connectivity index (χ2n) is 5.24. The minimum atomic E-state index is -1.45. The Balaban J connectivity index is 3.96. The normalized spacial score (nSPS) is 14.5. The molecule has 15 heavy (non-hydrogen) atoms. The lowest BCUT2D eigenvalue weighted by atomic mass is 10.5. The molecule has 0 aliphatic heterocycles. The molecule has 0 N–H and O–H groups in total. The quantitative estimate of drug-likeness (QED) is 0.384. The second kappa shape index (κ2) is 6.60. The minimum Gasteiger partial charge on any atom is -0.416 e. The lowest BCUT2D eigenvalue weighted by molar-refractivity contribution is 0.183. The van der Waals surface area contributed by atoms with E-state index in [1.807, 2.05) is 13.1 Å². The van der Waals surface area contributed by atoms with Crippen molar-refractivity contribution in [2.45, 2.75) is 58.1 Å². The van der Waals surface area contributed by atoms with Gasteiger partial charge in [0, 0.05) is 11.8 Å². The predicted molar refractivity (Wildman–Crippen MR) is 75.5 cm³/mol. The Hall–Kier alpha value is 0.0638. The average Bonchev–Trinajstić information content (AvgIpc) is 2.11. The van der Waals surface area contributed by atoms with E-state index in [9.17, 15) is 0 Å². The maximum absolute atomic E-state index is 6.30. The summed E-state index contributed by atoms with van der Waals surface area (Å²) in [5.74, 6) is 0. The molecule has 0 atom stereocenters. The van der Waals surface area contributed by atoms with Gasteiger partial charge in [0.15, 0.2) is 8.32 Å². The van der Waals surface area contributed by atoms with Crippen LogP contribution in [0.15, 0.2) is 4.99 Å². The third-order valence-electron chi connectivity index (χ3n) is 2.65. The first-order valence-electron chi connectivity index (χ1n) is 5.97. The molecule has 0 rings (SSSR count). The Kier molecular flexibility index (Phi) is 6.63. The second-order valence-corrected chi connectivity index (χ2v) is 11.9. The number of hydrogen-bond donors (Lipinski definition) is 0. The Morgan fingerprint density at radius 3 is 2.47 bits per heavy atom. The molecule has 0 spiro atoms. The monoisotopic (exact) mass is 245 g/mol. The average molecular weight is 246 g/mol. The fraction of sp³-hybridized carbons (Fsp3) is 0.909. The van der Waals surface area contributed by atoms with Gasteiger partial charge in [0.1, 0.15) is 0 Å². The zero-order chi connectivity index (χ0) is 11.9. The molecular formula is C11H27NOSi2. The maximum Gasteiger partial charge on any atom is 0.187 e. The summed E-state index contributed by atoms with van der Waals surface area (Å²) in [7, 11) is -1.54. The highest BCUT2D eigenvalue weighted by molar-refractivity contribution is 6.71. The van der Waals surface area contributed by atoms with Gasteiger partial charge in [0.2, 0.25) is 0 Å². The molecule has 0 saturated heterocycles. The molecule has 4 heteroatoms. The van der Waals surface area contributed by atoms with Crippen molar-refractivity contribution in [3.8, 4) is 0 Å². The molecular weight excluding hydrogens is 218 g/mol. The standard InChI is InChI=1S/C11H27NOSi2/c1-7-12-9-8-10-15(5,6)13-11(2,3)14-4/h7H,8-10,14H2,1-6H3. The van der Waals surface area contributed by atoms with Crippen LogP contribution >= 0.6 is 0 Å². The molecule has 0 heterocycles. The van der Waals surface area contributed by atoms with Crippen molar-refractivity contribution in [1.29, 1.82) is 0 Å². The summed E-state index contributed by atoms with van der Waals surface area (Å²) in [6.45, 7) is 14.4. The molecule has 0 aliphatic rings. The van der Waals surface area contributed by atoms with Crippen LogP contribution < -0.4 is 0 Å². The van der Waals surface area contributed by atoms with Crippen LogP contribution in [0.5, 0.6) is 0 Å². The topological polar surface area (TPSA) is 21.6 Å². The van der Waals surface area contributed by atoms with Gasteiger partial charge in [-0.15, -0.1) is 0 Å². The van der Waals surface area contributed by atoms with Crippen molar-refractivity contribution in [3.63, 3.8) is 0 Å². The van der Waals surface area contributed by atoms with Gasteiger partial charge in [-0.05, 0) is 52.5 Å². The van der Waals surface area contributed by atoms with Gasteiger partial charge in [0.25, 0.3) is 0 Å². The highest BCUT2D eigenvalue weighted by atomic mass is 28.4. The van der Waals surface area contributed by atoms with Crippen LogP contribution in [-0.4, -0.2) is 35.8 Å². The summed E-state index contributed by atoms with van der Waals surface area (Å²) < 4.78 is 6.30. The Bertz CT molecular complexity index is 203.